The van der Waals surface area contributed by atoms with Crippen LogP contribution in [-0.2, 0) is 6.54 Å². The van der Waals surface area contributed by atoms with Crippen molar-refractivity contribution in [1.82, 2.24) is 5.32 Å². The molecule has 1 unspecified atom stereocenters. The number of methoxy groups -OCH3 is 1. The summed E-state index contributed by atoms with van der Waals surface area (Å²) >= 11 is 0. The Morgan fingerprint density at radius 2 is 2.05 bits per heavy atom. The van der Waals surface area contributed by atoms with Crippen molar-refractivity contribution in [2.75, 3.05) is 20.3 Å². The largest absolute Gasteiger partial charge is 0.493 e. The van der Waals surface area contributed by atoms with Gasteiger partial charge in [0.15, 0.2) is 11.5 Å². The lowest BCUT2D eigenvalue weighted by Crippen LogP contribution is -2.19. The summed E-state index contributed by atoms with van der Waals surface area (Å²) < 4.78 is 22.3. The number of nitrogens with one attached hydrogen (secondary N) is 1. The van der Waals surface area contributed by atoms with Gasteiger partial charge in [0.25, 0.3) is 0 Å². The molecule has 1 N–H and O–H groups in total. The molecule has 0 amide bonds. The van der Waals surface area contributed by atoms with E-state index < -0.39 is 0 Å². The van der Waals surface area contributed by atoms with Crippen molar-refractivity contribution in [3.05, 3.63) is 41.3 Å². The molecular formula is C17H21NO4. The summed E-state index contributed by atoms with van der Waals surface area (Å²) in [5, 5.41) is 3.44. The Balaban J connectivity index is 1.72. The maximum Gasteiger partial charge on any atom is 0.203 e. The van der Waals surface area contributed by atoms with Gasteiger partial charge < -0.3 is 23.9 Å². The van der Waals surface area contributed by atoms with Crippen LogP contribution >= 0.6 is 0 Å². The fourth-order valence-corrected chi connectivity index (χ4v) is 2.49. The van der Waals surface area contributed by atoms with Crippen LogP contribution in [0.15, 0.2) is 28.7 Å². The van der Waals surface area contributed by atoms with Gasteiger partial charge in [-0.05, 0) is 43.7 Å². The number of rotatable bonds is 5. The van der Waals surface area contributed by atoms with Crippen LogP contribution in [0.1, 0.15) is 30.0 Å². The number of benzene rings is 1. The average molecular weight is 303 g/mol. The SMILES string of the molecule is COc1cc(CNC(C)c2ccc(C)o2)cc2c1OCCO2. The van der Waals surface area contributed by atoms with Gasteiger partial charge in [-0.3, -0.25) is 0 Å². The van der Waals surface area contributed by atoms with Crippen LogP contribution in [0.3, 0.4) is 0 Å². The fourth-order valence-electron chi connectivity index (χ4n) is 2.49. The molecule has 0 aliphatic carbocycles. The molecule has 1 atom stereocenters. The first-order valence-corrected chi connectivity index (χ1v) is 7.43. The molecule has 22 heavy (non-hydrogen) atoms. The predicted octanol–water partition coefficient (Wildman–Crippen LogP) is 3.22. The molecule has 3 rings (SSSR count). The highest BCUT2D eigenvalue weighted by atomic mass is 16.6. The molecule has 0 fully saturated rings. The number of fused-ring (bicyclic) bond motifs is 1. The van der Waals surface area contributed by atoms with Crippen molar-refractivity contribution in [2.24, 2.45) is 0 Å². The minimum absolute atomic E-state index is 0.132. The summed E-state index contributed by atoms with van der Waals surface area (Å²) in [6.07, 6.45) is 0. The molecule has 118 valence electrons. The zero-order valence-electron chi connectivity index (χ0n) is 13.1. The van der Waals surface area contributed by atoms with Gasteiger partial charge >= 0.3 is 0 Å². The van der Waals surface area contributed by atoms with Crippen LogP contribution < -0.4 is 19.5 Å². The molecule has 2 aromatic rings. The van der Waals surface area contributed by atoms with Gasteiger partial charge in [-0.1, -0.05) is 0 Å². The highest BCUT2D eigenvalue weighted by molar-refractivity contribution is 5.54. The van der Waals surface area contributed by atoms with E-state index in [1.807, 2.05) is 31.2 Å². The summed E-state index contributed by atoms with van der Waals surface area (Å²) in [6, 6.07) is 8.07. The first-order chi connectivity index (χ1) is 10.7. The molecule has 1 aromatic heterocycles. The minimum atomic E-state index is 0.132. The molecule has 1 aliphatic rings. The molecule has 0 bridgehead atoms. The topological polar surface area (TPSA) is 52.9 Å². The van der Waals surface area contributed by atoms with Gasteiger partial charge in [0.2, 0.25) is 5.75 Å². The second-order valence-electron chi connectivity index (χ2n) is 5.37. The first kappa shape index (κ1) is 14.8. The molecule has 1 aromatic carbocycles. The molecular weight excluding hydrogens is 282 g/mol. The minimum Gasteiger partial charge on any atom is -0.493 e. The van der Waals surface area contributed by atoms with Crippen molar-refractivity contribution in [3.63, 3.8) is 0 Å². The molecule has 2 heterocycles. The fraction of sp³-hybridized carbons (Fsp3) is 0.412. The summed E-state index contributed by atoms with van der Waals surface area (Å²) in [5.74, 6) is 3.98. The first-order valence-electron chi connectivity index (χ1n) is 7.43. The second kappa shape index (κ2) is 6.32. The number of hydrogen-bond acceptors (Lipinski definition) is 5. The summed E-state index contributed by atoms with van der Waals surface area (Å²) in [5.41, 5.74) is 1.08. The lowest BCUT2D eigenvalue weighted by molar-refractivity contribution is 0.165. The molecule has 0 spiro atoms. The van der Waals surface area contributed by atoms with Gasteiger partial charge in [-0.2, -0.15) is 0 Å². The van der Waals surface area contributed by atoms with Crippen molar-refractivity contribution in [1.29, 1.82) is 0 Å². The quantitative estimate of drug-likeness (QED) is 0.919. The van der Waals surface area contributed by atoms with Crippen LogP contribution in [-0.4, -0.2) is 20.3 Å². The molecule has 0 saturated heterocycles. The third-order valence-electron chi connectivity index (χ3n) is 3.69. The highest BCUT2D eigenvalue weighted by Gasteiger charge is 2.18. The smallest absolute Gasteiger partial charge is 0.203 e. The van der Waals surface area contributed by atoms with Crippen LogP contribution in [0, 0.1) is 6.92 Å². The number of aryl methyl sites for hydroxylation is 1. The number of ether oxygens (including phenoxy) is 3. The summed E-state index contributed by atoms with van der Waals surface area (Å²) in [4.78, 5) is 0. The molecule has 0 radical (unpaired) electrons. The second-order valence-corrected chi connectivity index (χ2v) is 5.37. The van der Waals surface area contributed by atoms with E-state index in [0.717, 1.165) is 22.8 Å². The Hall–Kier alpha value is -2.14. The Morgan fingerprint density at radius 1 is 1.23 bits per heavy atom. The lowest BCUT2D eigenvalue weighted by atomic mass is 10.1. The Bertz CT molecular complexity index is 633. The van der Waals surface area contributed by atoms with Crippen molar-refractivity contribution < 1.29 is 18.6 Å². The van der Waals surface area contributed by atoms with Crippen LogP contribution in [0.2, 0.25) is 0 Å². The Labute approximate surface area is 130 Å². The normalized spacial score (nSPS) is 14.7. The van der Waals surface area contributed by atoms with E-state index in [-0.39, 0.29) is 6.04 Å². The third kappa shape index (κ3) is 3.04. The molecule has 5 heteroatoms. The highest BCUT2D eigenvalue weighted by Crippen LogP contribution is 2.40. The monoisotopic (exact) mass is 303 g/mol. The lowest BCUT2D eigenvalue weighted by Gasteiger charge is -2.22. The van der Waals surface area contributed by atoms with Crippen molar-refractivity contribution in [3.8, 4) is 17.2 Å². The predicted molar refractivity (Wildman–Crippen MR) is 82.7 cm³/mol. The number of hydrogen-bond donors (Lipinski definition) is 1. The van der Waals surface area contributed by atoms with Gasteiger partial charge in [0, 0.05) is 6.54 Å². The van der Waals surface area contributed by atoms with E-state index in [0.29, 0.717) is 31.3 Å². The zero-order valence-corrected chi connectivity index (χ0v) is 13.1. The van der Waals surface area contributed by atoms with Crippen LogP contribution in [0.5, 0.6) is 17.2 Å². The van der Waals surface area contributed by atoms with E-state index in [1.165, 1.54) is 0 Å². The average Bonchev–Trinajstić information content (AvgIpc) is 2.98. The zero-order chi connectivity index (χ0) is 15.5. The summed E-state index contributed by atoms with van der Waals surface area (Å²) in [6.45, 7) is 5.83. The Morgan fingerprint density at radius 3 is 2.77 bits per heavy atom. The van der Waals surface area contributed by atoms with Crippen molar-refractivity contribution >= 4 is 0 Å². The van der Waals surface area contributed by atoms with E-state index in [2.05, 4.69) is 12.2 Å². The standard InChI is InChI=1S/C17H21NO4/c1-11-4-5-14(22-11)12(2)18-10-13-8-15(19-3)17-16(9-13)20-6-7-21-17/h4-5,8-9,12,18H,6-7,10H2,1-3H3. The van der Waals surface area contributed by atoms with Crippen molar-refractivity contribution in [2.45, 2.75) is 26.4 Å². The maximum absolute atomic E-state index is 5.65. The van der Waals surface area contributed by atoms with Gasteiger partial charge in [-0.15, -0.1) is 0 Å². The van der Waals surface area contributed by atoms with Gasteiger partial charge in [0.1, 0.15) is 24.7 Å². The maximum atomic E-state index is 5.65. The van der Waals surface area contributed by atoms with Gasteiger partial charge in [-0.25, -0.2) is 0 Å². The Kier molecular flexibility index (Phi) is 4.24. The molecule has 1 aliphatic heterocycles. The molecule has 0 saturated carbocycles. The van der Waals surface area contributed by atoms with E-state index in [1.54, 1.807) is 7.11 Å². The number of furan rings is 1. The summed E-state index contributed by atoms with van der Waals surface area (Å²) in [7, 11) is 1.64. The third-order valence-corrected chi connectivity index (χ3v) is 3.69. The van der Waals surface area contributed by atoms with E-state index in [9.17, 15) is 0 Å². The van der Waals surface area contributed by atoms with E-state index >= 15 is 0 Å². The van der Waals surface area contributed by atoms with E-state index in [4.69, 9.17) is 18.6 Å². The van der Waals surface area contributed by atoms with Gasteiger partial charge in [0.05, 0.1) is 13.2 Å². The van der Waals surface area contributed by atoms with Crippen LogP contribution in [0.25, 0.3) is 0 Å². The molecule has 5 nitrogen and oxygen atoms in total. The van der Waals surface area contributed by atoms with Crippen LogP contribution in [0.4, 0.5) is 0 Å².